The van der Waals surface area contributed by atoms with E-state index in [0.29, 0.717) is 11.9 Å². The third-order valence-corrected chi connectivity index (χ3v) is 0.714. The first-order valence-corrected chi connectivity index (χ1v) is 2.74. The molecule has 0 aliphatic heterocycles. The molecule has 5 N–H and O–H groups in total. The Hall–Kier alpha value is -0.730. The van der Waals surface area contributed by atoms with Gasteiger partial charge in [-0.3, -0.25) is 16.5 Å². The van der Waals surface area contributed by atoms with Gasteiger partial charge in [-0.1, -0.05) is 13.8 Å². The maximum atomic E-state index is 5.12. The standard InChI is InChI=1S/C5H13N3/c1-4(2)3-8-5(6)7/h4H,3H2,1-2H3,(H4,6,7,8)/p+1. The van der Waals surface area contributed by atoms with Crippen molar-refractivity contribution in [2.24, 2.45) is 17.4 Å². The highest BCUT2D eigenvalue weighted by molar-refractivity contribution is 5.69. The van der Waals surface area contributed by atoms with Crippen molar-refractivity contribution in [3.05, 3.63) is 0 Å². The Balaban J connectivity index is 3.29. The Morgan fingerprint density at radius 2 is 2.00 bits per heavy atom. The SMILES string of the molecule is CC(C)C[NH+]=C(N)N. The molecule has 48 valence electrons. The van der Waals surface area contributed by atoms with Crippen LogP contribution in [-0.2, 0) is 0 Å². The van der Waals surface area contributed by atoms with E-state index in [1.54, 1.807) is 0 Å². The van der Waals surface area contributed by atoms with Gasteiger partial charge >= 0.3 is 5.96 Å². The minimum absolute atomic E-state index is 0.304. The van der Waals surface area contributed by atoms with Gasteiger partial charge in [-0.05, 0) is 5.92 Å². The van der Waals surface area contributed by atoms with Crippen LogP contribution in [0.4, 0.5) is 0 Å². The normalized spacial score (nSPS) is 9.38. The molecule has 0 saturated heterocycles. The zero-order chi connectivity index (χ0) is 6.57. The number of rotatable bonds is 2. The van der Waals surface area contributed by atoms with Crippen LogP contribution < -0.4 is 16.5 Å². The maximum Gasteiger partial charge on any atom is 0.338 e. The lowest BCUT2D eigenvalue weighted by molar-refractivity contribution is -0.466. The molecule has 0 saturated carbocycles. The predicted octanol–water partition coefficient (Wildman–Crippen LogP) is -2.00. The van der Waals surface area contributed by atoms with Crippen LogP contribution in [0.2, 0.25) is 0 Å². The summed E-state index contributed by atoms with van der Waals surface area (Å²) in [6.07, 6.45) is 0. The zero-order valence-corrected chi connectivity index (χ0v) is 5.44. The molecule has 0 radical (unpaired) electrons. The summed E-state index contributed by atoms with van der Waals surface area (Å²) in [5, 5.41) is 0. The summed E-state index contributed by atoms with van der Waals surface area (Å²) >= 11 is 0. The topological polar surface area (TPSA) is 66.0 Å². The van der Waals surface area contributed by atoms with Gasteiger partial charge in [0.1, 0.15) is 0 Å². The second-order valence-corrected chi connectivity index (χ2v) is 2.23. The first-order chi connectivity index (χ1) is 3.63. The van der Waals surface area contributed by atoms with Gasteiger partial charge in [0, 0.05) is 0 Å². The Morgan fingerprint density at radius 1 is 1.50 bits per heavy atom. The van der Waals surface area contributed by atoms with Crippen LogP contribution in [0, 0.1) is 5.92 Å². The zero-order valence-electron chi connectivity index (χ0n) is 5.44. The summed E-state index contributed by atoms with van der Waals surface area (Å²) in [5.41, 5.74) is 10.2. The number of hydrogen-bond acceptors (Lipinski definition) is 0. The van der Waals surface area contributed by atoms with Gasteiger partial charge in [0.2, 0.25) is 0 Å². The number of nitrogens with two attached hydrogens (primary N) is 2. The van der Waals surface area contributed by atoms with Gasteiger partial charge in [0.15, 0.2) is 0 Å². The third-order valence-electron chi connectivity index (χ3n) is 0.714. The molecule has 0 atom stereocenters. The Morgan fingerprint density at radius 3 is 2.12 bits per heavy atom. The van der Waals surface area contributed by atoms with Crippen molar-refractivity contribution >= 4 is 5.96 Å². The fraction of sp³-hybridized carbons (Fsp3) is 0.800. The summed E-state index contributed by atoms with van der Waals surface area (Å²) < 4.78 is 0. The fourth-order valence-corrected chi connectivity index (χ4v) is 0.322. The molecule has 0 aliphatic rings. The summed E-state index contributed by atoms with van der Waals surface area (Å²) in [7, 11) is 0. The van der Waals surface area contributed by atoms with Gasteiger partial charge in [-0.2, -0.15) is 0 Å². The van der Waals surface area contributed by atoms with E-state index in [-0.39, 0.29) is 0 Å². The quantitative estimate of drug-likeness (QED) is 0.288. The molecular weight excluding hydrogens is 102 g/mol. The molecule has 3 nitrogen and oxygen atoms in total. The van der Waals surface area contributed by atoms with Crippen LogP contribution in [0.5, 0.6) is 0 Å². The van der Waals surface area contributed by atoms with Gasteiger partial charge < -0.3 is 0 Å². The second kappa shape index (κ2) is 3.29. The smallest absolute Gasteiger partial charge is 0.291 e. The lowest BCUT2D eigenvalue weighted by Gasteiger charge is -1.94. The molecule has 0 heterocycles. The van der Waals surface area contributed by atoms with Crippen LogP contribution in [0.15, 0.2) is 0 Å². The van der Waals surface area contributed by atoms with Gasteiger partial charge in [0.05, 0.1) is 6.54 Å². The van der Waals surface area contributed by atoms with Gasteiger partial charge in [-0.25, -0.2) is 0 Å². The molecule has 0 spiro atoms. The molecule has 0 bridgehead atoms. The molecule has 0 fully saturated rings. The Kier molecular flexibility index (Phi) is 2.99. The second-order valence-electron chi connectivity index (χ2n) is 2.23. The molecule has 0 unspecified atom stereocenters. The lowest BCUT2D eigenvalue weighted by Crippen LogP contribution is -2.79. The van der Waals surface area contributed by atoms with Crippen molar-refractivity contribution in [3.63, 3.8) is 0 Å². The molecular formula is C5H14N3+. The monoisotopic (exact) mass is 116 g/mol. The first kappa shape index (κ1) is 7.27. The van der Waals surface area contributed by atoms with Gasteiger partial charge in [-0.15, -0.1) is 0 Å². The van der Waals surface area contributed by atoms with Crippen molar-refractivity contribution in [1.29, 1.82) is 0 Å². The van der Waals surface area contributed by atoms with Crippen molar-refractivity contribution < 1.29 is 4.99 Å². The van der Waals surface area contributed by atoms with Gasteiger partial charge in [0.25, 0.3) is 0 Å². The van der Waals surface area contributed by atoms with Crippen molar-refractivity contribution in [2.75, 3.05) is 6.54 Å². The van der Waals surface area contributed by atoms with Crippen LogP contribution in [0.25, 0.3) is 0 Å². The molecule has 0 aromatic rings. The molecule has 0 aromatic carbocycles. The number of hydrogen-bond donors (Lipinski definition) is 3. The minimum Gasteiger partial charge on any atom is -0.291 e. The molecule has 0 rings (SSSR count). The lowest BCUT2D eigenvalue weighted by atomic mass is 10.2. The highest BCUT2D eigenvalue weighted by Gasteiger charge is 1.90. The summed E-state index contributed by atoms with van der Waals surface area (Å²) in [6, 6.07) is 0. The maximum absolute atomic E-state index is 5.12. The molecule has 0 aromatic heterocycles. The van der Waals surface area contributed by atoms with E-state index in [4.69, 9.17) is 11.5 Å². The molecule has 0 aliphatic carbocycles. The highest BCUT2D eigenvalue weighted by Crippen LogP contribution is 1.80. The van der Waals surface area contributed by atoms with E-state index in [2.05, 4.69) is 18.8 Å². The minimum atomic E-state index is 0.304. The average molecular weight is 116 g/mol. The largest absolute Gasteiger partial charge is 0.338 e. The van der Waals surface area contributed by atoms with Crippen LogP contribution in [-0.4, -0.2) is 12.5 Å². The Labute approximate surface area is 49.8 Å². The molecule has 8 heavy (non-hydrogen) atoms. The van der Waals surface area contributed by atoms with E-state index in [1.807, 2.05) is 0 Å². The third kappa shape index (κ3) is 5.27. The molecule has 3 heteroatoms. The van der Waals surface area contributed by atoms with Crippen molar-refractivity contribution in [1.82, 2.24) is 0 Å². The number of guanidine groups is 1. The summed E-state index contributed by atoms with van der Waals surface area (Å²) in [6.45, 7) is 5.04. The summed E-state index contributed by atoms with van der Waals surface area (Å²) in [5.74, 6) is 0.899. The fourth-order valence-electron chi connectivity index (χ4n) is 0.322. The van der Waals surface area contributed by atoms with E-state index >= 15 is 0 Å². The number of nitrogens with one attached hydrogen (secondary N) is 1. The van der Waals surface area contributed by atoms with Crippen LogP contribution in [0.3, 0.4) is 0 Å². The summed E-state index contributed by atoms with van der Waals surface area (Å²) in [4.78, 5) is 2.82. The van der Waals surface area contributed by atoms with E-state index in [9.17, 15) is 0 Å². The van der Waals surface area contributed by atoms with Crippen molar-refractivity contribution in [2.45, 2.75) is 13.8 Å². The van der Waals surface area contributed by atoms with E-state index in [0.717, 1.165) is 6.54 Å². The molecule has 0 amide bonds. The predicted molar refractivity (Wildman–Crippen MR) is 34.0 cm³/mol. The van der Waals surface area contributed by atoms with E-state index < -0.39 is 0 Å². The van der Waals surface area contributed by atoms with Crippen LogP contribution in [0.1, 0.15) is 13.8 Å². The van der Waals surface area contributed by atoms with Crippen molar-refractivity contribution in [3.8, 4) is 0 Å². The Bertz CT molecular complexity index is 81.7. The van der Waals surface area contributed by atoms with Crippen LogP contribution >= 0.6 is 0 Å². The highest BCUT2D eigenvalue weighted by atomic mass is 15.0. The first-order valence-electron chi connectivity index (χ1n) is 2.74. The average Bonchev–Trinajstić information content (AvgIpc) is 1.61. The van der Waals surface area contributed by atoms with E-state index in [1.165, 1.54) is 0 Å².